The van der Waals surface area contributed by atoms with Gasteiger partial charge in [-0.15, -0.1) is 0 Å². The molecule has 0 spiro atoms. The summed E-state index contributed by atoms with van der Waals surface area (Å²) < 4.78 is 40.0. The first-order chi connectivity index (χ1) is 17.8. The summed E-state index contributed by atoms with van der Waals surface area (Å²) >= 11 is 0. The lowest BCUT2D eigenvalue weighted by molar-refractivity contribution is -0.143. The minimum Gasteiger partial charge on any atom is -0.490 e. The van der Waals surface area contributed by atoms with Crippen LogP contribution in [0.4, 0.5) is 8.78 Å². The third-order valence-electron chi connectivity index (χ3n) is 6.80. The van der Waals surface area contributed by atoms with Crippen LogP contribution in [0, 0.1) is 23.5 Å². The summed E-state index contributed by atoms with van der Waals surface area (Å²) in [5, 5.41) is 11.7. The largest absolute Gasteiger partial charge is 0.490 e. The van der Waals surface area contributed by atoms with Crippen molar-refractivity contribution in [2.75, 3.05) is 13.2 Å². The molecule has 0 aliphatic heterocycles. The van der Waals surface area contributed by atoms with Crippen molar-refractivity contribution in [3.63, 3.8) is 0 Å². The number of aliphatic carboxylic acids is 1. The van der Waals surface area contributed by atoms with E-state index in [4.69, 9.17) is 14.6 Å². The number of carbonyl (C=O) groups excluding carboxylic acids is 2. The van der Waals surface area contributed by atoms with E-state index in [9.17, 15) is 23.2 Å². The van der Waals surface area contributed by atoms with Crippen molar-refractivity contribution in [1.29, 1.82) is 0 Å². The summed E-state index contributed by atoms with van der Waals surface area (Å²) in [5.41, 5.74) is 0.0952. The van der Waals surface area contributed by atoms with Crippen molar-refractivity contribution in [3.8, 4) is 11.5 Å². The summed E-state index contributed by atoms with van der Waals surface area (Å²) in [6.07, 6.45) is 4.52. The Bertz CT molecular complexity index is 1140. The van der Waals surface area contributed by atoms with Gasteiger partial charge in [-0.2, -0.15) is 0 Å². The van der Waals surface area contributed by atoms with Crippen LogP contribution in [0.5, 0.6) is 11.5 Å². The van der Waals surface area contributed by atoms with Gasteiger partial charge in [0.2, 0.25) is 0 Å². The van der Waals surface area contributed by atoms with Crippen LogP contribution in [-0.4, -0.2) is 42.0 Å². The van der Waals surface area contributed by atoms with E-state index in [1.165, 1.54) is 30.3 Å². The number of carbonyl (C=O) groups is 3. The number of hydrogen-bond acceptors (Lipinski definition) is 5. The van der Waals surface area contributed by atoms with E-state index < -0.39 is 29.3 Å². The Morgan fingerprint density at radius 2 is 1.70 bits per heavy atom. The van der Waals surface area contributed by atoms with Crippen molar-refractivity contribution in [2.24, 2.45) is 11.8 Å². The van der Waals surface area contributed by atoms with Gasteiger partial charge in [-0.25, -0.2) is 8.78 Å². The van der Waals surface area contributed by atoms with Gasteiger partial charge in [-0.05, 0) is 81.2 Å². The number of nitrogens with one attached hydrogen (secondary N) is 1. The molecule has 198 valence electrons. The predicted molar refractivity (Wildman–Crippen MR) is 131 cm³/mol. The van der Waals surface area contributed by atoms with Gasteiger partial charge in [0.05, 0.1) is 24.2 Å². The molecule has 37 heavy (non-hydrogen) atoms. The third kappa shape index (κ3) is 7.50. The van der Waals surface area contributed by atoms with Gasteiger partial charge in [0, 0.05) is 24.6 Å². The maximum Gasteiger partial charge on any atom is 0.306 e. The lowest BCUT2D eigenvalue weighted by Gasteiger charge is -2.26. The molecule has 0 atom stereocenters. The molecular weight excluding hydrogens is 484 g/mol. The second kappa shape index (κ2) is 12.2. The van der Waals surface area contributed by atoms with E-state index in [1.807, 2.05) is 0 Å². The molecule has 0 unspecified atom stereocenters. The average molecular weight is 516 g/mol. The van der Waals surface area contributed by atoms with E-state index in [1.54, 1.807) is 0 Å². The smallest absolute Gasteiger partial charge is 0.306 e. The Balaban J connectivity index is 1.19. The predicted octanol–water partition coefficient (Wildman–Crippen LogP) is 5.17. The zero-order chi connectivity index (χ0) is 26.4. The van der Waals surface area contributed by atoms with Crippen LogP contribution >= 0.6 is 0 Å². The molecule has 2 aromatic rings. The Morgan fingerprint density at radius 1 is 0.946 bits per heavy atom. The van der Waals surface area contributed by atoms with Crippen LogP contribution in [0.25, 0.3) is 0 Å². The quantitative estimate of drug-likeness (QED) is 0.299. The fraction of sp³-hybridized carbons (Fsp3) is 0.464. The molecule has 0 aromatic heterocycles. The number of halogens is 2. The van der Waals surface area contributed by atoms with E-state index in [-0.39, 0.29) is 41.9 Å². The van der Waals surface area contributed by atoms with Crippen LogP contribution in [0.15, 0.2) is 36.4 Å². The molecule has 2 aliphatic carbocycles. The van der Waals surface area contributed by atoms with E-state index in [2.05, 4.69) is 5.32 Å². The first-order valence-electron chi connectivity index (χ1n) is 12.7. The highest BCUT2D eigenvalue weighted by Crippen LogP contribution is 2.31. The Kier molecular flexibility index (Phi) is 8.74. The van der Waals surface area contributed by atoms with Gasteiger partial charge in [0.15, 0.2) is 17.3 Å². The van der Waals surface area contributed by atoms with Crippen molar-refractivity contribution in [3.05, 3.63) is 59.2 Å². The summed E-state index contributed by atoms with van der Waals surface area (Å²) in [5.74, 6) is -2.41. The van der Waals surface area contributed by atoms with Crippen LogP contribution in [0.3, 0.4) is 0 Å². The standard InChI is InChI=1S/C28H31F2NO6/c29-23-15-21(37-20-8-5-18(6-9-20)28(34)35)10-11-22(23)25(32)2-1-13-31-27(33)19-7-12-26(24(30)14-19)36-16-17-3-4-17/h7,10-12,14-15,17-18,20H,1-6,8-9,13,16H2,(H,31,33)(H,34,35). The van der Waals surface area contributed by atoms with Crippen molar-refractivity contribution in [1.82, 2.24) is 5.32 Å². The Morgan fingerprint density at radius 3 is 2.35 bits per heavy atom. The fourth-order valence-electron chi connectivity index (χ4n) is 4.35. The summed E-state index contributed by atoms with van der Waals surface area (Å²) in [6.45, 7) is 0.649. The molecule has 0 saturated heterocycles. The van der Waals surface area contributed by atoms with Crippen LogP contribution in [0.1, 0.15) is 72.1 Å². The number of ketones is 1. The second-order valence-electron chi connectivity index (χ2n) is 9.75. The van der Waals surface area contributed by atoms with Crippen molar-refractivity contribution < 1.29 is 37.7 Å². The average Bonchev–Trinajstić information content (AvgIpc) is 3.70. The molecule has 9 heteroatoms. The third-order valence-corrected chi connectivity index (χ3v) is 6.80. The van der Waals surface area contributed by atoms with Crippen molar-refractivity contribution in [2.45, 2.75) is 57.5 Å². The molecule has 1 amide bonds. The minimum atomic E-state index is -0.802. The first-order valence-corrected chi connectivity index (χ1v) is 12.7. The highest BCUT2D eigenvalue weighted by atomic mass is 19.1. The van der Waals surface area contributed by atoms with E-state index in [0.717, 1.165) is 18.9 Å². The van der Waals surface area contributed by atoms with Gasteiger partial charge in [-0.3, -0.25) is 14.4 Å². The maximum atomic E-state index is 14.6. The molecular formula is C28H31F2NO6. The fourth-order valence-corrected chi connectivity index (χ4v) is 4.35. The number of amides is 1. The summed E-state index contributed by atoms with van der Waals surface area (Å²) in [6, 6.07) is 8.14. The zero-order valence-corrected chi connectivity index (χ0v) is 20.5. The lowest BCUT2D eigenvalue weighted by atomic mass is 9.87. The van der Waals surface area contributed by atoms with Crippen molar-refractivity contribution >= 4 is 17.7 Å². The number of benzene rings is 2. The van der Waals surface area contributed by atoms with Gasteiger partial charge < -0.3 is 19.9 Å². The molecule has 2 fully saturated rings. The van der Waals surface area contributed by atoms with Crippen LogP contribution < -0.4 is 14.8 Å². The minimum absolute atomic E-state index is 0.0267. The maximum absolute atomic E-state index is 14.6. The van der Waals surface area contributed by atoms with Gasteiger partial charge in [-0.1, -0.05) is 0 Å². The Labute approximate surface area is 214 Å². The number of carboxylic acids is 1. The number of Topliss-reactive ketones (excluding diaryl/α,β-unsaturated/α-hetero) is 1. The molecule has 7 nitrogen and oxygen atoms in total. The molecule has 2 N–H and O–H groups in total. The molecule has 0 radical (unpaired) electrons. The van der Waals surface area contributed by atoms with Crippen LogP contribution in [-0.2, 0) is 4.79 Å². The first kappa shape index (κ1) is 26.6. The van der Waals surface area contributed by atoms with Gasteiger partial charge in [0.25, 0.3) is 5.91 Å². The van der Waals surface area contributed by atoms with Crippen LogP contribution in [0.2, 0.25) is 0 Å². The zero-order valence-electron chi connectivity index (χ0n) is 20.5. The molecule has 2 aromatic carbocycles. The SMILES string of the molecule is O=C(NCCCC(=O)c1ccc(OC2CCC(C(=O)O)CC2)cc1F)c1ccc(OCC2CC2)c(F)c1. The highest BCUT2D eigenvalue weighted by molar-refractivity contribution is 5.96. The lowest BCUT2D eigenvalue weighted by Crippen LogP contribution is -2.27. The number of ether oxygens (including phenoxy) is 2. The van der Waals surface area contributed by atoms with E-state index in [0.29, 0.717) is 50.4 Å². The topological polar surface area (TPSA) is 102 Å². The normalized spacial score (nSPS) is 19.2. The van der Waals surface area contributed by atoms with E-state index >= 15 is 0 Å². The second-order valence-corrected chi connectivity index (χ2v) is 9.75. The molecule has 0 bridgehead atoms. The number of carboxylic acid groups (broad SMARTS) is 1. The molecule has 2 saturated carbocycles. The highest BCUT2D eigenvalue weighted by Gasteiger charge is 2.27. The number of rotatable bonds is 12. The summed E-state index contributed by atoms with van der Waals surface area (Å²) in [7, 11) is 0. The molecule has 0 heterocycles. The number of hydrogen-bond donors (Lipinski definition) is 2. The summed E-state index contributed by atoms with van der Waals surface area (Å²) in [4.78, 5) is 35.8. The van der Waals surface area contributed by atoms with Gasteiger partial charge >= 0.3 is 5.97 Å². The van der Waals surface area contributed by atoms with Gasteiger partial charge in [0.1, 0.15) is 11.6 Å². The monoisotopic (exact) mass is 515 g/mol. The molecule has 4 rings (SSSR count). The molecule has 2 aliphatic rings. The Hall–Kier alpha value is -3.49.